The Morgan fingerprint density at radius 2 is 2.00 bits per heavy atom. The summed E-state index contributed by atoms with van der Waals surface area (Å²) in [6.45, 7) is 5.29. The minimum absolute atomic E-state index is 0.334. The van der Waals surface area contributed by atoms with Crippen LogP contribution in [0.1, 0.15) is 20.8 Å². The van der Waals surface area contributed by atoms with Crippen molar-refractivity contribution in [1.29, 1.82) is 0 Å². The van der Waals surface area contributed by atoms with Gasteiger partial charge in [-0.15, -0.1) is 5.10 Å². The summed E-state index contributed by atoms with van der Waals surface area (Å²) in [5.41, 5.74) is -0.212. The van der Waals surface area contributed by atoms with Gasteiger partial charge in [-0.05, 0) is 57.3 Å². The molecule has 0 unspecified atom stereocenters. The van der Waals surface area contributed by atoms with Crippen molar-refractivity contribution < 1.29 is 13.9 Å². The van der Waals surface area contributed by atoms with Gasteiger partial charge in [0.2, 0.25) is 5.13 Å². The van der Waals surface area contributed by atoms with Crippen LogP contribution >= 0.6 is 23.6 Å². The average molecular weight is 327 g/mol. The summed E-state index contributed by atoms with van der Waals surface area (Å²) in [6.07, 6.45) is -0.605. The van der Waals surface area contributed by atoms with Crippen LogP contribution in [0.3, 0.4) is 0 Å². The molecule has 0 radical (unpaired) electrons. The van der Waals surface area contributed by atoms with Crippen molar-refractivity contribution in [1.82, 2.24) is 10.2 Å². The lowest BCUT2D eigenvalue weighted by atomic mass is 10.2. The monoisotopic (exact) mass is 327 g/mol. The predicted octanol–water partition coefficient (Wildman–Crippen LogP) is 4.41. The van der Waals surface area contributed by atoms with Crippen LogP contribution in [0.2, 0.25) is 0 Å². The third kappa shape index (κ3) is 4.08. The molecule has 0 bridgehead atoms. The van der Waals surface area contributed by atoms with E-state index in [1.54, 1.807) is 20.8 Å². The fourth-order valence-electron chi connectivity index (χ4n) is 1.51. The van der Waals surface area contributed by atoms with Crippen molar-refractivity contribution in [2.24, 2.45) is 0 Å². The molecule has 0 saturated heterocycles. The second kappa shape index (κ2) is 5.90. The Morgan fingerprint density at radius 1 is 1.38 bits per heavy atom. The molecule has 0 atom stereocenters. The van der Waals surface area contributed by atoms with Crippen LogP contribution in [0.15, 0.2) is 24.3 Å². The molecule has 0 aliphatic heterocycles. The number of hydrogen-bond donors (Lipinski definition) is 1. The highest BCUT2D eigenvalue weighted by molar-refractivity contribution is 7.73. The fourth-order valence-corrected chi connectivity index (χ4v) is 2.40. The Balaban J connectivity index is 2.42. The van der Waals surface area contributed by atoms with Crippen LogP contribution in [-0.2, 0) is 4.74 Å². The van der Waals surface area contributed by atoms with Gasteiger partial charge in [0.05, 0.1) is 5.69 Å². The maximum absolute atomic E-state index is 13.1. The van der Waals surface area contributed by atoms with E-state index in [1.165, 1.54) is 29.2 Å². The number of halogens is 1. The van der Waals surface area contributed by atoms with Gasteiger partial charge in [0.1, 0.15) is 11.4 Å². The van der Waals surface area contributed by atoms with Gasteiger partial charge in [-0.2, -0.15) is 0 Å². The third-order valence-electron chi connectivity index (χ3n) is 2.28. The number of amides is 1. The molecule has 112 valence electrons. The molecule has 8 heteroatoms. The molecule has 1 aromatic heterocycles. The number of carbonyl (C=O) groups excluding carboxylic acids is 1. The zero-order valence-electron chi connectivity index (χ0n) is 11.7. The highest BCUT2D eigenvalue weighted by Gasteiger charge is 2.27. The van der Waals surface area contributed by atoms with E-state index in [1.807, 2.05) is 0 Å². The van der Waals surface area contributed by atoms with E-state index in [0.29, 0.717) is 14.8 Å². The number of carbonyl (C=O) groups is 1. The van der Waals surface area contributed by atoms with Gasteiger partial charge in [-0.1, -0.05) is 11.3 Å². The molecule has 0 fully saturated rings. The van der Waals surface area contributed by atoms with E-state index >= 15 is 0 Å². The molecule has 21 heavy (non-hydrogen) atoms. The van der Waals surface area contributed by atoms with Crippen molar-refractivity contribution in [3.05, 3.63) is 34.0 Å². The summed E-state index contributed by atoms with van der Waals surface area (Å²) in [5, 5.41) is 6.93. The first-order chi connectivity index (χ1) is 9.76. The van der Waals surface area contributed by atoms with Crippen LogP contribution < -0.4 is 4.90 Å². The Kier molecular flexibility index (Phi) is 4.38. The molecule has 5 nitrogen and oxygen atoms in total. The maximum atomic E-state index is 13.1. The van der Waals surface area contributed by atoms with Gasteiger partial charge < -0.3 is 4.74 Å². The minimum atomic E-state index is -0.660. The van der Waals surface area contributed by atoms with Gasteiger partial charge in [0, 0.05) is 0 Å². The van der Waals surface area contributed by atoms with E-state index in [9.17, 15) is 9.18 Å². The quantitative estimate of drug-likeness (QED) is 0.830. The Hall–Kier alpha value is -1.80. The van der Waals surface area contributed by atoms with Crippen molar-refractivity contribution in [3.63, 3.8) is 0 Å². The standard InChI is InChI=1S/C13H14FN3O2S2/c1-13(2,3)19-12(18)17(10-15-16-11(20)21-10)9-6-4-8(14)5-7-9/h4-7H,1-3H3,(H,16,20). The molecular formula is C13H14FN3O2S2. The number of H-pyrrole nitrogens is 1. The third-order valence-corrected chi connectivity index (χ3v) is 3.35. The Labute approximate surface area is 130 Å². The van der Waals surface area contributed by atoms with Crippen LogP contribution in [0, 0.1) is 9.77 Å². The smallest absolute Gasteiger partial charge is 0.421 e. The fraction of sp³-hybridized carbons (Fsp3) is 0.308. The molecule has 0 aliphatic carbocycles. The van der Waals surface area contributed by atoms with Crippen molar-refractivity contribution >= 4 is 40.5 Å². The second-order valence-corrected chi connectivity index (χ2v) is 6.83. The summed E-state index contributed by atoms with van der Waals surface area (Å²) in [6, 6.07) is 5.48. The summed E-state index contributed by atoms with van der Waals surface area (Å²) < 4.78 is 18.8. The highest BCUT2D eigenvalue weighted by Crippen LogP contribution is 2.29. The lowest BCUT2D eigenvalue weighted by molar-refractivity contribution is 0.0599. The molecular weight excluding hydrogens is 313 g/mol. The van der Waals surface area contributed by atoms with Crippen LogP contribution in [0.4, 0.5) is 20.0 Å². The largest absolute Gasteiger partial charge is 0.443 e. The van der Waals surface area contributed by atoms with Crippen molar-refractivity contribution in [2.45, 2.75) is 26.4 Å². The molecule has 1 heterocycles. The van der Waals surface area contributed by atoms with Crippen molar-refractivity contribution in [3.8, 4) is 0 Å². The van der Waals surface area contributed by atoms with Crippen LogP contribution in [0.5, 0.6) is 0 Å². The summed E-state index contributed by atoms with van der Waals surface area (Å²) in [5.74, 6) is -0.391. The van der Waals surface area contributed by atoms with Crippen molar-refractivity contribution in [2.75, 3.05) is 4.90 Å². The Bertz CT molecular complexity index is 688. The summed E-state index contributed by atoms with van der Waals surface area (Å²) in [7, 11) is 0. The number of nitrogens with zero attached hydrogens (tertiary/aromatic N) is 2. The number of aromatic amines is 1. The molecule has 0 spiro atoms. The molecule has 0 aliphatic rings. The number of rotatable bonds is 2. The number of anilines is 2. The van der Waals surface area contributed by atoms with Crippen LogP contribution in [0.25, 0.3) is 0 Å². The second-order valence-electron chi connectivity index (χ2n) is 5.19. The van der Waals surface area contributed by atoms with Gasteiger partial charge in [0.15, 0.2) is 3.95 Å². The van der Waals surface area contributed by atoms with E-state index in [-0.39, 0.29) is 0 Å². The number of aromatic nitrogens is 2. The first-order valence-corrected chi connectivity index (χ1v) is 7.33. The van der Waals surface area contributed by atoms with Gasteiger partial charge in [-0.25, -0.2) is 14.1 Å². The van der Waals surface area contributed by atoms with E-state index < -0.39 is 17.5 Å². The highest BCUT2D eigenvalue weighted by atomic mass is 32.1. The average Bonchev–Trinajstić information content (AvgIpc) is 2.76. The minimum Gasteiger partial charge on any atom is -0.443 e. The maximum Gasteiger partial charge on any atom is 0.421 e. The molecule has 2 rings (SSSR count). The Morgan fingerprint density at radius 3 is 2.48 bits per heavy atom. The first-order valence-electron chi connectivity index (χ1n) is 6.10. The number of ether oxygens (including phenoxy) is 1. The zero-order valence-corrected chi connectivity index (χ0v) is 13.3. The normalized spacial score (nSPS) is 11.2. The van der Waals surface area contributed by atoms with Gasteiger partial charge in [0.25, 0.3) is 0 Å². The van der Waals surface area contributed by atoms with Gasteiger partial charge >= 0.3 is 6.09 Å². The molecule has 1 N–H and O–H groups in total. The molecule has 1 amide bonds. The van der Waals surface area contributed by atoms with Gasteiger partial charge in [-0.3, -0.25) is 5.10 Å². The first kappa shape index (κ1) is 15.6. The summed E-state index contributed by atoms with van der Waals surface area (Å²) in [4.78, 5) is 13.6. The molecule has 2 aromatic rings. The number of hydrogen-bond acceptors (Lipinski definition) is 5. The zero-order chi connectivity index (χ0) is 15.6. The molecule has 1 aromatic carbocycles. The number of benzene rings is 1. The van der Waals surface area contributed by atoms with E-state index in [0.717, 1.165) is 11.3 Å². The van der Waals surface area contributed by atoms with E-state index in [4.69, 9.17) is 17.0 Å². The topological polar surface area (TPSA) is 58.2 Å². The predicted molar refractivity (Wildman–Crippen MR) is 82.1 cm³/mol. The summed E-state index contributed by atoms with van der Waals surface area (Å²) >= 11 is 6.11. The van der Waals surface area contributed by atoms with E-state index in [2.05, 4.69) is 10.2 Å². The lowest BCUT2D eigenvalue weighted by Gasteiger charge is -2.25. The van der Waals surface area contributed by atoms with Crippen LogP contribution in [-0.4, -0.2) is 21.9 Å². The molecule has 0 saturated carbocycles. The SMILES string of the molecule is CC(C)(C)OC(=O)N(c1ccc(F)cc1)c1n[nH]c(=S)s1. The number of nitrogens with one attached hydrogen (secondary N) is 1. The lowest BCUT2D eigenvalue weighted by Crippen LogP contribution is -2.33.